The molecule has 0 saturated carbocycles. The Kier molecular flexibility index (Phi) is 6.43. The number of carboxylic acids is 1. The fourth-order valence-corrected chi connectivity index (χ4v) is 5.47. The van der Waals surface area contributed by atoms with E-state index in [9.17, 15) is 27.9 Å². The summed E-state index contributed by atoms with van der Waals surface area (Å²) in [6.07, 6.45) is -2.81. The van der Waals surface area contributed by atoms with Gasteiger partial charge in [-0.2, -0.15) is 13.2 Å². The van der Waals surface area contributed by atoms with Crippen LogP contribution >= 0.6 is 0 Å². The summed E-state index contributed by atoms with van der Waals surface area (Å²) in [4.78, 5) is 30.4. The van der Waals surface area contributed by atoms with Gasteiger partial charge in [-0.3, -0.25) is 4.79 Å². The van der Waals surface area contributed by atoms with Gasteiger partial charge in [0.2, 0.25) is 0 Å². The molecule has 0 bridgehead atoms. The van der Waals surface area contributed by atoms with E-state index in [2.05, 4.69) is 4.98 Å². The van der Waals surface area contributed by atoms with E-state index in [4.69, 9.17) is 9.47 Å². The fraction of sp³-hybridized carbons (Fsp3) is 0.345. The van der Waals surface area contributed by atoms with E-state index in [1.54, 1.807) is 18.2 Å². The van der Waals surface area contributed by atoms with Crippen LogP contribution in [0.25, 0.3) is 17.0 Å². The van der Waals surface area contributed by atoms with Crippen LogP contribution in [0.4, 0.5) is 13.2 Å². The highest BCUT2D eigenvalue weighted by atomic mass is 19.4. The first-order chi connectivity index (χ1) is 18.8. The van der Waals surface area contributed by atoms with Crippen LogP contribution in [0.3, 0.4) is 0 Å². The van der Waals surface area contributed by atoms with Gasteiger partial charge in [0.1, 0.15) is 28.4 Å². The van der Waals surface area contributed by atoms with Crippen LogP contribution < -0.4 is 15.0 Å². The van der Waals surface area contributed by atoms with Crippen molar-refractivity contribution in [2.24, 2.45) is 5.41 Å². The normalized spacial score (nSPS) is 15.1. The Balaban J connectivity index is 1.88. The number of methoxy groups -OCH3 is 2. The van der Waals surface area contributed by atoms with Crippen LogP contribution in [-0.4, -0.2) is 39.2 Å². The molecule has 0 saturated heterocycles. The Morgan fingerprint density at radius 2 is 1.85 bits per heavy atom. The average molecular weight is 556 g/mol. The molecule has 0 fully saturated rings. The van der Waals surface area contributed by atoms with Gasteiger partial charge < -0.3 is 23.5 Å². The molecule has 8 nitrogen and oxygen atoms in total. The number of aromatic carboxylic acids is 1. The zero-order valence-electron chi connectivity index (χ0n) is 22.6. The molecule has 1 aliphatic carbocycles. The molecule has 0 amide bonds. The molecule has 1 aliphatic rings. The van der Waals surface area contributed by atoms with Crippen molar-refractivity contribution in [3.05, 3.63) is 80.9 Å². The molecule has 1 atom stereocenters. The summed E-state index contributed by atoms with van der Waals surface area (Å²) >= 11 is 0. The summed E-state index contributed by atoms with van der Waals surface area (Å²) < 4.78 is 55.4. The number of nitrogens with zero attached hydrogens (tertiary/aromatic N) is 3. The molecule has 40 heavy (non-hydrogen) atoms. The summed E-state index contributed by atoms with van der Waals surface area (Å²) in [5.41, 5.74) is -0.702. The smallest absolute Gasteiger partial charge is 0.419 e. The molecule has 210 valence electrons. The molecule has 11 heteroatoms. The lowest BCUT2D eigenvalue weighted by Gasteiger charge is -2.36. The zero-order valence-corrected chi connectivity index (χ0v) is 22.6. The first-order valence-electron chi connectivity index (χ1n) is 12.6. The molecule has 0 spiro atoms. The largest absolute Gasteiger partial charge is 0.497 e. The fourth-order valence-electron chi connectivity index (χ4n) is 5.47. The number of carbonyl (C=O) groups is 1. The highest BCUT2D eigenvalue weighted by Crippen LogP contribution is 2.48. The van der Waals surface area contributed by atoms with Crippen LogP contribution in [0.1, 0.15) is 59.4 Å². The van der Waals surface area contributed by atoms with E-state index in [0.717, 1.165) is 6.07 Å². The standard InChI is InChI=1S/C29H28F3N3O5/c1-28(2,3)20-13-21-23(33-25-19(29(30,31)32)7-6-10-34(21)25)24-17(20)12-18(27(37)38)26(36)35(24)14-15-8-9-16(39-4)11-22(15)40-5/h6-12,20H,13-14H2,1-5H3,(H,37,38). The highest BCUT2D eigenvalue weighted by Gasteiger charge is 2.41. The molecular formula is C29H28F3N3O5. The van der Waals surface area contributed by atoms with Crippen LogP contribution in [0.2, 0.25) is 0 Å². The SMILES string of the molecule is COc1ccc(Cn2c3c(cc(C(=O)O)c2=O)C(C(C)(C)C)Cc2c-3nc3c(C(F)(F)F)cccn23)c(OC)c1. The molecule has 5 rings (SSSR count). The number of fused-ring (bicyclic) bond motifs is 5. The maximum Gasteiger partial charge on any atom is 0.419 e. The van der Waals surface area contributed by atoms with E-state index >= 15 is 0 Å². The maximum absolute atomic E-state index is 14.0. The molecule has 3 heterocycles. The Hall–Kier alpha value is -4.28. The van der Waals surface area contributed by atoms with Gasteiger partial charge in [-0.1, -0.05) is 20.8 Å². The Morgan fingerprint density at radius 3 is 2.45 bits per heavy atom. The predicted molar refractivity (Wildman–Crippen MR) is 141 cm³/mol. The molecule has 0 radical (unpaired) electrons. The summed E-state index contributed by atoms with van der Waals surface area (Å²) in [7, 11) is 2.96. The van der Waals surface area contributed by atoms with Gasteiger partial charge in [-0.05, 0) is 53.6 Å². The number of hydrogen-bond donors (Lipinski definition) is 1. The highest BCUT2D eigenvalue weighted by molar-refractivity contribution is 5.88. The van der Waals surface area contributed by atoms with E-state index < -0.39 is 34.2 Å². The number of carboxylic acid groups (broad SMARTS) is 1. The number of hydrogen-bond acceptors (Lipinski definition) is 5. The topological polar surface area (TPSA) is 95.1 Å². The van der Waals surface area contributed by atoms with Crippen molar-refractivity contribution in [2.75, 3.05) is 14.2 Å². The van der Waals surface area contributed by atoms with Crippen LogP contribution in [0.5, 0.6) is 11.5 Å². The molecule has 1 unspecified atom stereocenters. The second-order valence-electron chi connectivity index (χ2n) is 10.9. The molecule has 1 N–H and O–H groups in total. The van der Waals surface area contributed by atoms with Gasteiger partial charge in [0.25, 0.3) is 5.56 Å². The quantitative estimate of drug-likeness (QED) is 0.343. The number of halogens is 3. The molecule has 0 aliphatic heterocycles. The van der Waals surface area contributed by atoms with Crippen LogP contribution in [0, 0.1) is 5.41 Å². The number of aromatic nitrogens is 3. The Labute approximate surface area is 227 Å². The third kappa shape index (κ3) is 4.39. The van der Waals surface area contributed by atoms with E-state index in [1.165, 1.54) is 41.5 Å². The Bertz CT molecular complexity index is 1710. The lowest BCUT2D eigenvalue weighted by atomic mass is 9.70. The minimum Gasteiger partial charge on any atom is -0.497 e. The minimum atomic E-state index is -4.65. The van der Waals surface area contributed by atoms with Crippen molar-refractivity contribution in [2.45, 2.75) is 45.8 Å². The molecule has 1 aromatic carbocycles. The summed E-state index contributed by atoms with van der Waals surface area (Å²) in [5.74, 6) is -0.800. The van der Waals surface area contributed by atoms with Crippen molar-refractivity contribution in [1.82, 2.24) is 14.0 Å². The number of ether oxygens (including phenoxy) is 2. The number of alkyl halides is 3. The number of rotatable bonds is 5. The third-order valence-corrected chi connectivity index (χ3v) is 7.47. The second-order valence-corrected chi connectivity index (χ2v) is 10.9. The van der Waals surface area contributed by atoms with Gasteiger partial charge in [0, 0.05) is 17.8 Å². The lowest BCUT2D eigenvalue weighted by Crippen LogP contribution is -2.34. The van der Waals surface area contributed by atoms with Crippen molar-refractivity contribution in [1.29, 1.82) is 0 Å². The first kappa shape index (κ1) is 27.3. The molecule has 4 aromatic rings. The number of imidazole rings is 1. The van der Waals surface area contributed by atoms with Crippen molar-refractivity contribution < 1.29 is 32.5 Å². The van der Waals surface area contributed by atoms with Gasteiger partial charge in [-0.25, -0.2) is 9.78 Å². The van der Waals surface area contributed by atoms with Gasteiger partial charge in [-0.15, -0.1) is 0 Å². The van der Waals surface area contributed by atoms with E-state index in [1.807, 2.05) is 20.8 Å². The number of benzene rings is 1. The average Bonchev–Trinajstić information content (AvgIpc) is 3.26. The van der Waals surface area contributed by atoms with Gasteiger partial charge in [0.05, 0.1) is 37.7 Å². The Morgan fingerprint density at radius 1 is 1.12 bits per heavy atom. The third-order valence-electron chi connectivity index (χ3n) is 7.47. The van der Waals surface area contributed by atoms with Gasteiger partial charge >= 0.3 is 12.1 Å². The van der Waals surface area contributed by atoms with Gasteiger partial charge in [0.15, 0.2) is 0 Å². The van der Waals surface area contributed by atoms with Crippen LogP contribution in [0.15, 0.2) is 47.4 Å². The predicted octanol–water partition coefficient (Wildman–Crippen LogP) is 5.63. The van der Waals surface area contributed by atoms with E-state index in [-0.39, 0.29) is 23.8 Å². The zero-order chi connectivity index (χ0) is 29.1. The first-order valence-corrected chi connectivity index (χ1v) is 12.6. The maximum atomic E-state index is 14.0. The van der Waals surface area contributed by atoms with Crippen LogP contribution in [-0.2, 0) is 19.1 Å². The van der Waals surface area contributed by atoms with Crippen molar-refractivity contribution >= 4 is 11.6 Å². The summed E-state index contributed by atoms with van der Waals surface area (Å²) in [5, 5.41) is 9.95. The molecule has 3 aromatic heterocycles. The second kappa shape index (κ2) is 9.42. The van der Waals surface area contributed by atoms with E-state index in [0.29, 0.717) is 40.4 Å². The minimum absolute atomic E-state index is 0.105. The summed E-state index contributed by atoms with van der Waals surface area (Å²) in [6.45, 7) is 5.81. The molecular weight excluding hydrogens is 527 g/mol. The summed E-state index contributed by atoms with van der Waals surface area (Å²) in [6, 6.07) is 8.66. The monoisotopic (exact) mass is 555 g/mol. The number of pyridine rings is 2. The van der Waals surface area contributed by atoms with Crippen molar-refractivity contribution in [3.8, 4) is 22.9 Å². The lowest BCUT2D eigenvalue weighted by molar-refractivity contribution is -0.136. The van der Waals surface area contributed by atoms with Crippen molar-refractivity contribution in [3.63, 3.8) is 0 Å².